The third-order valence-electron chi connectivity index (χ3n) is 3.51. The number of aryl methyl sites for hydroxylation is 1. The van der Waals surface area contributed by atoms with Crippen LogP contribution in [0.15, 0.2) is 46.9 Å². The Hall–Kier alpha value is -1.32. The van der Waals surface area contributed by atoms with Crippen molar-refractivity contribution in [1.29, 1.82) is 0 Å². The van der Waals surface area contributed by atoms with Gasteiger partial charge in [-0.3, -0.25) is 0 Å². The van der Waals surface area contributed by atoms with Gasteiger partial charge in [-0.25, -0.2) is 0 Å². The number of benzene rings is 2. The maximum atomic E-state index is 6.09. The quantitative estimate of drug-likeness (QED) is 0.747. The van der Waals surface area contributed by atoms with Crippen molar-refractivity contribution in [3.63, 3.8) is 0 Å². The van der Waals surface area contributed by atoms with E-state index in [2.05, 4.69) is 66.3 Å². The minimum atomic E-state index is 0.257. The van der Waals surface area contributed by atoms with Crippen molar-refractivity contribution in [2.24, 2.45) is 0 Å². The summed E-state index contributed by atoms with van der Waals surface area (Å²) < 4.78 is 7.11. The molecular formula is C18H22BrNO. The molecule has 3 heteroatoms. The van der Waals surface area contributed by atoms with Gasteiger partial charge in [0.25, 0.3) is 0 Å². The molecule has 2 rings (SSSR count). The highest BCUT2D eigenvalue weighted by Crippen LogP contribution is 2.32. The molecule has 0 saturated carbocycles. The van der Waals surface area contributed by atoms with Crippen LogP contribution < -0.4 is 10.1 Å². The Kier molecular flexibility index (Phi) is 5.83. The number of hydrogen-bond acceptors (Lipinski definition) is 2. The molecule has 0 bridgehead atoms. The number of halogens is 1. The van der Waals surface area contributed by atoms with E-state index in [0.29, 0.717) is 0 Å². The highest BCUT2D eigenvalue weighted by Gasteiger charge is 2.12. The van der Waals surface area contributed by atoms with E-state index in [-0.39, 0.29) is 6.04 Å². The molecule has 1 atom stereocenters. The SMILES string of the molecule is CCNC(C)c1ccc(Br)cc1Oc1ccc(CC)cc1. The lowest BCUT2D eigenvalue weighted by molar-refractivity contribution is 0.462. The Morgan fingerprint density at radius 2 is 1.81 bits per heavy atom. The number of ether oxygens (including phenoxy) is 1. The van der Waals surface area contributed by atoms with Gasteiger partial charge >= 0.3 is 0 Å². The molecule has 0 fully saturated rings. The molecule has 21 heavy (non-hydrogen) atoms. The van der Waals surface area contributed by atoms with Crippen LogP contribution >= 0.6 is 15.9 Å². The van der Waals surface area contributed by atoms with Gasteiger partial charge in [0, 0.05) is 16.1 Å². The fourth-order valence-corrected chi connectivity index (χ4v) is 2.63. The molecular weight excluding hydrogens is 326 g/mol. The first-order valence-electron chi connectivity index (χ1n) is 7.43. The normalized spacial score (nSPS) is 12.2. The highest BCUT2D eigenvalue weighted by atomic mass is 79.9. The Balaban J connectivity index is 2.26. The van der Waals surface area contributed by atoms with Gasteiger partial charge in [0.15, 0.2) is 0 Å². The summed E-state index contributed by atoms with van der Waals surface area (Å²) in [6.45, 7) is 7.35. The van der Waals surface area contributed by atoms with Crippen LogP contribution in [-0.2, 0) is 6.42 Å². The molecule has 1 N–H and O–H groups in total. The minimum absolute atomic E-state index is 0.257. The first-order chi connectivity index (χ1) is 10.1. The lowest BCUT2D eigenvalue weighted by Crippen LogP contribution is -2.18. The summed E-state index contributed by atoms with van der Waals surface area (Å²) >= 11 is 3.52. The lowest BCUT2D eigenvalue weighted by atomic mass is 10.1. The predicted octanol–water partition coefficient (Wildman–Crippen LogP) is 5.47. The summed E-state index contributed by atoms with van der Waals surface area (Å²) in [6.07, 6.45) is 1.04. The largest absolute Gasteiger partial charge is 0.457 e. The highest BCUT2D eigenvalue weighted by molar-refractivity contribution is 9.10. The first-order valence-corrected chi connectivity index (χ1v) is 8.23. The van der Waals surface area contributed by atoms with Crippen molar-refractivity contribution in [2.75, 3.05) is 6.54 Å². The van der Waals surface area contributed by atoms with Crippen LogP contribution in [0.5, 0.6) is 11.5 Å². The smallest absolute Gasteiger partial charge is 0.133 e. The summed E-state index contributed by atoms with van der Waals surface area (Å²) in [5.74, 6) is 1.76. The Labute approximate surface area is 135 Å². The van der Waals surface area contributed by atoms with E-state index >= 15 is 0 Å². The van der Waals surface area contributed by atoms with Crippen molar-refractivity contribution < 1.29 is 4.74 Å². The van der Waals surface area contributed by atoms with Crippen molar-refractivity contribution in [1.82, 2.24) is 5.32 Å². The fourth-order valence-electron chi connectivity index (χ4n) is 2.29. The molecule has 0 aromatic heterocycles. The van der Waals surface area contributed by atoms with E-state index in [9.17, 15) is 0 Å². The second-order valence-corrected chi connectivity index (χ2v) is 5.98. The molecule has 2 nitrogen and oxygen atoms in total. The third-order valence-corrected chi connectivity index (χ3v) is 4.01. The molecule has 0 aliphatic heterocycles. The topological polar surface area (TPSA) is 21.3 Å². The second kappa shape index (κ2) is 7.62. The maximum absolute atomic E-state index is 6.09. The molecule has 2 aromatic carbocycles. The van der Waals surface area contributed by atoms with E-state index in [1.54, 1.807) is 0 Å². The van der Waals surface area contributed by atoms with Gasteiger partial charge in [0.1, 0.15) is 11.5 Å². The summed E-state index contributed by atoms with van der Waals surface area (Å²) in [7, 11) is 0. The Morgan fingerprint density at radius 1 is 1.10 bits per heavy atom. The molecule has 0 radical (unpaired) electrons. The fraction of sp³-hybridized carbons (Fsp3) is 0.333. The van der Waals surface area contributed by atoms with E-state index in [0.717, 1.165) is 28.9 Å². The van der Waals surface area contributed by atoms with Crippen molar-refractivity contribution >= 4 is 15.9 Å². The molecule has 0 aliphatic rings. The van der Waals surface area contributed by atoms with Crippen LogP contribution in [0.3, 0.4) is 0 Å². The van der Waals surface area contributed by atoms with Crippen molar-refractivity contribution in [3.8, 4) is 11.5 Å². The van der Waals surface area contributed by atoms with E-state index in [4.69, 9.17) is 4.74 Å². The van der Waals surface area contributed by atoms with E-state index in [1.807, 2.05) is 18.2 Å². The van der Waals surface area contributed by atoms with Crippen LogP contribution in [-0.4, -0.2) is 6.54 Å². The number of hydrogen-bond donors (Lipinski definition) is 1. The first kappa shape index (κ1) is 16.1. The average molecular weight is 348 g/mol. The van der Waals surface area contributed by atoms with Gasteiger partial charge in [0.2, 0.25) is 0 Å². The van der Waals surface area contributed by atoms with Crippen molar-refractivity contribution in [3.05, 3.63) is 58.1 Å². The van der Waals surface area contributed by atoms with Crippen LogP contribution in [0.1, 0.15) is 37.9 Å². The maximum Gasteiger partial charge on any atom is 0.133 e. The van der Waals surface area contributed by atoms with E-state index in [1.165, 1.54) is 11.1 Å². The molecule has 0 heterocycles. The van der Waals surface area contributed by atoms with Crippen LogP contribution in [0.25, 0.3) is 0 Å². The lowest BCUT2D eigenvalue weighted by Gasteiger charge is -2.18. The van der Waals surface area contributed by atoms with Crippen LogP contribution in [0.2, 0.25) is 0 Å². The Morgan fingerprint density at radius 3 is 2.43 bits per heavy atom. The van der Waals surface area contributed by atoms with Gasteiger partial charge < -0.3 is 10.1 Å². The van der Waals surface area contributed by atoms with Gasteiger partial charge in [-0.15, -0.1) is 0 Å². The Bertz CT molecular complexity index is 580. The molecule has 112 valence electrons. The molecule has 0 spiro atoms. The zero-order valence-electron chi connectivity index (χ0n) is 12.8. The molecule has 2 aromatic rings. The van der Waals surface area contributed by atoms with Crippen molar-refractivity contribution in [2.45, 2.75) is 33.2 Å². The molecule has 0 aliphatic carbocycles. The molecule has 1 unspecified atom stereocenters. The van der Waals surface area contributed by atoms with Crippen LogP contribution in [0.4, 0.5) is 0 Å². The van der Waals surface area contributed by atoms with Crippen LogP contribution in [0, 0.1) is 0 Å². The van der Waals surface area contributed by atoms with Gasteiger partial charge in [-0.1, -0.05) is 48.0 Å². The predicted molar refractivity (Wildman–Crippen MR) is 92.1 cm³/mol. The van der Waals surface area contributed by atoms with E-state index < -0.39 is 0 Å². The zero-order chi connectivity index (χ0) is 15.2. The minimum Gasteiger partial charge on any atom is -0.457 e. The monoisotopic (exact) mass is 347 g/mol. The molecule has 0 saturated heterocycles. The molecule has 0 amide bonds. The summed E-state index contributed by atoms with van der Waals surface area (Å²) in [4.78, 5) is 0. The van der Waals surface area contributed by atoms with Gasteiger partial charge in [-0.05, 0) is 49.7 Å². The summed E-state index contributed by atoms with van der Waals surface area (Å²) in [5.41, 5.74) is 2.48. The van der Waals surface area contributed by atoms with Gasteiger partial charge in [0.05, 0.1) is 0 Å². The average Bonchev–Trinajstić information content (AvgIpc) is 2.48. The summed E-state index contributed by atoms with van der Waals surface area (Å²) in [5, 5.41) is 3.43. The second-order valence-electron chi connectivity index (χ2n) is 5.06. The summed E-state index contributed by atoms with van der Waals surface area (Å²) in [6, 6.07) is 14.7. The van der Waals surface area contributed by atoms with Gasteiger partial charge in [-0.2, -0.15) is 0 Å². The number of nitrogens with one attached hydrogen (secondary N) is 1. The standard InChI is InChI=1S/C18H22BrNO/c1-4-14-6-9-16(10-7-14)21-18-12-15(19)8-11-17(18)13(3)20-5-2/h6-13,20H,4-5H2,1-3H3. The zero-order valence-corrected chi connectivity index (χ0v) is 14.4. The third kappa shape index (κ3) is 4.32. The number of rotatable bonds is 6.